The first-order chi connectivity index (χ1) is 18.6. The number of carbonyl (C=O) groups is 3. The van der Waals surface area contributed by atoms with Crippen LogP contribution in [0.25, 0.3) is 11.1 Å². The fourth-order valence-electron chi connectivity index (χ4n) is 4.44. The second-order valence-electron chi connectivity index (χ2n) is 10.1. The van der Waals surface area contributed by atoms with Gasteiger partial charge in [-0.2, -0.15) is 0 Å². The molecule has 1 atom stereocenters. The van der Waals surface area contributed by atoms with Crippen LogP contribution in [0.2, 0.25) is 0 Å². The number of benzene rings is 3. The lowest BCUT2D eigenvalue weighted by Crippen LogP contribution is -2.35. The van der Waals surface area contributed by atoms with Crippen molar-refractivity contribution in [3.8, 4) is 16.9 Å². The molecule has 0 fully saturated rings. The van der Waals surface area contributed by atoms with Gasteiger partial charge in [-0.15, -0.1) is 0 Å². The molecule has 9 nitrogen and oxygen atoms in total. The molecule has 3 aromatic rings. The second-order valence-corrected chi connectivity index (χ2v) is 10.1. The number of ether oxygens (including phenoxy) is 3. The minimum atomic E-state index is -1.30. The lowest BCUT2D eigenvalue weighted by atomic mass is 9.98. The van der Waals surface area contributed by atoms with Crippen LogP contribution >= 0.6 is 0 Å². The first-order valence-corrected chi connectivity index (χ1v) is 12.7. The third kappa shape index (κ3) is 7.07. The quantitative estimate of drug-likeness (QED) is 0.322. The summed E-state index contributed by atoms with van der Waals surface area (Å²) in [5.74, 6) is -0.874. The SMILES string of the molecule is CC(C)(C)OC(=O)NCCOc1ccc([C@@H](NC(=O)OCC2c3ccccc3-c3ccccc32)C(=O)O)cc1. The van der Waals surface area contributed by atoms with Crippen molar-refractivity contribution in [2.24, 2.45) is 0 Å². The van der Waals surface area contributed by atoms with E-state index in [0.29, 0.717) is 11.3 Å². The molecule has 0 unspecified atom stereocenters. The number of amides is 2. The van der Waals surface area contributed by atoms with Gasteiger partial charge in [-0.25, -0.2) is 14.4 Å². The first kappa shape index (κ1) is 27.5. The fraction of sp³-hybridized carbons (Fsp3) is 0.300. The van der Waals surface area contributed by atoms with E-state index in [4.69, 9.17) is 14.2 Å². The third-order valence-electron chi connectivity index (χ3n) is 6.11. The molecule has 39 heavy (non-hydrogen) atoms. The van der Waals surface area contributed by atoms with E-state index in [1.54, 1.807) is 45.0 Å². The summed E-state index contributed by atoms with van der Waals surface area (Å²) >= 11 is 0. The van der Waals surface area contributed by atoms with E-state index in [-0.39, 0.29) is 25.7 Å². The maximum absolute atomic E-state index is 12.6. The lowest BCUT2D eigenvalue weighted by Gasteiger charge is -2.19. The number of alkyl carbamates (subject to hydrolysis) is 2. The number of aliphatic carboxylic acids is 1. The predicted octanol–water partition coefficient (Wildman–Crippen LogP) is 5.25. The molecule has 3 aromatic carbocycles. The smallest absolute Gasteiger partial charge is 0.408 e. The Hall–Kier alpha value is -4.53. The van der Waals surface area contributed by atoms with Crippen molar-refractivity contribution in [1.29, 1.82) is 0 Å². The number of rotatable bonds is 9. The van der Waals surface area contributed by atoms with Gasteiger partial charge >= 0.3 is 18.2 Å². The number of hydrogen-bond donors (Lipinski definition) is 3. The van der Waals surface area contributed by atoms with Crippen molar-refractivity contribution in [3.63, 3.8) is 0 Å². The highest BCUT2D eigenvalue weighted by Gasteiger charge is 2.30. The highest BCUT2D eigenvalue weighted by Crippen LogP contribution is 2.44. The number of fused-ring (bicyclic) bond motifs is 3. The molecule has 4 rings (SSSR count). The minimum absolute atomic E-state index is 0.0797. The maximum Gasteiger partial charge on any atom is 0.408 e. The summed E-state index contributed by atoms with van der Waals surface area (Å²) in [6, 6.07) is 20.9. The fourth-order valence-corrected chi connectivity index (χ4v) is 4.44. The van der Waals surface area contributed by atoms with E-state index in [0.717, 1.165) is 22.3 Å². The van der Waals surface area contributed by atoms with Crippen LogP contribution < -0.4 is 15.4 Å². The van der Waals surface area contributed by atoms with Crippen LogP contribution in [0.5, 0.6) is 5.75 Å². The van der Waals surface area contributed by atoms with Gasteiger partial charge in [0.25, 0.3) is 0 Å². The average molecular weight is 533 g/mol. The van der Waals surface area contributed by atoms with Crippen LogP contribution in [-0.2, 0) is 14.3 Å². The van der Waals surface area contributed by atoms with E-state index in [1.165, 1.54) is 0 Å². The Morgan fingerprint density at radius 1 is 0.872 bits per heavy atom. The molecular weight excluding hydrogens is 500 g/mol. The molecule has 0 aromatic heterocycles. The molecule has 0 saturated heterocycles. The normalized spacial score (nSPS) is 13.0. The topological polar surface area (TPSA) is 123 Å². The zero-order valence-electron chi connectivity index (χ0n) is 22.1. The van der Waals surface area contributed by atoms with Gasteiger partial charge in [0.2, 0.25) is 0 Å². The Kier molecular flexibility index (Phi) is 8.39. The lowest BCUT2D eigenvalue weighted by molar-refractivity contribution is -0.139. The van der Waals surface area contributed by atoms with Crippen LogP contribution in [-0.4, -0.2) is 48.6 Å². The Morgan fingerprint density at radius 3 is 2.03 bits per heavy atom. The minimum Gasteiger partial charge on any atom is -0.492 e. The zero-order chi connectivity index (χ0) is 28.0. The molecule has 9 heteroatoms. The molecule has 2 amide bonds. The summed E-state index contributed by atoms with van der Waals surface area (Å²) in [4.78, 5) is 36.2. The van der Waals surface area contributed by atoms with E-state index in [2.05, 4.69) is 10.6 Å². The molecule has 0 spiro atoms. The van der Waals surface area contributed by atoms with E-state index in [9.17, 15) is 19.5 Å². The molecule has 3 N–H and O–H groups in total. The van der Waals surface area contributed by atoms with Crippen molar-refractivity contribution in [2.45, 2.75) is 38.3 Å². The summed E-state index contributed by atoms with van der Waals surface area (Å²) in [7, 11) is 0. The van der Waals surface area contributed by atoms with Crippen molar-refractivity contribution >= 4 is 18.2 Å². The monoisotopic (exact) mass is 532 g/mol. The van der Waals surface area contributed by atoms with Gasteiger partial charge in [0.1, 0.15) is 24.6 Å². The molecule has 1 aliphatic rings. The Bertz CT molecular complexity index is 1290. The van der Waals surface area contributed by atoms with Crippen molar-refractivity contribution in [3.05, 3.63) is 89.5 Å². The number of carboxylic acids is 1. The Labute approximate surface area is 227 Å². The van der Waals surface area contributed by atoms with Crippen molar-refractivity contribution in [1.82, 2.24) is 10.6 Å². The van der Waals surface area contributed by atoms with Gasteiger partial charge in [0.15, 0.2) is 6.04 Å². The Morgan fingerprint density at radius 2 is 1.46 bits per heavy atom. The van der Waals surface area contributed by atoms with Gasteiger partial charge in [0, 0.05) is 5.92 Å². The summed E-state index contributed by atoms with van der Waals surface area (Å²) in [6.45, 7) is 5.83. The standard InChI is InChI=1S/C30H32N2O7/c1-30(2,3)39-28(35)31-16-17-37-20-14-12-19(13-15-20)26(27(33)34)32-29(36)38-18-25-23-10-6-4-8-21(23)22-9-5-7-11-24(22)25/h4-15,25-26H,16-18H2,1-3H3,(H,31,35)(H,32,36)(H,33,34)/t26-/m1/s1. The van der Waals surface area contributed by atoms with Crippen LogP contribution in [0, 0.1) is 0 Å². The highest BCUT2D eigenvalue weighted by molar-refractivity contribution is 5.82. The van der Waals surface area contributed by atoms with E-state index >= 15 is 0 Å². The van der Waals surface area contributed by atoms with Crippen molar-refractivity contribution < 1.29 is 33.7 Å². The number of nitrogens with one attached hydrogen (secondary N) is 2. The molecule has 0 aliphatic heterocycles. The van der Waals surface area contributed by atoms with E-state index < -0.39 is 29.8 Å². The van der Waals surface area contributed by atoms with Gasteiger partial charge in [-0.05, 0) is 60.7 Å². The third-order valence-corrected chi connectivity index (χ3v) is 6.11. The average Bonchev–Trinajstić information content (AvgIpc) is 3.21. The molecule has 204 valence electrons. The number of carboxylic acid groups (broad SMARTS) is 1. The van der Waals surface area contributed by atoms with Crippen LogP contribution in [0.15, 0.2) is 72.8 Å². The van der Waals surface area contributed by atoms with Crippen LogP contribution in [0.4, 0.5) is 9.59 Å². The van der Waals surface area contributed by atoms with Gasteiger partial charge in [0.05, 0.1) is 6.54 Å². The first-order valence-electron chi connectivity index (χ1n) is 12.7. The van der Waals surface area contributed by atoms with Gasteiger partial charge in [-0.3, -0.25) is 0 Å². The summed E-state index contributed by atoms with van der Waals surface area (Å²) in [6.07, 6.45) is -1.36. The van der Waals surface area contributed by atoms with Gasteiger partial charge < -0.3 is 30.0 Å². The van der Waals surface area contributed by atoms with Gasteiger partial charge in [-0.1, -0.05) is 60.7 Å². The van der Waals surface area contributed by atoms with Crippen LogP contribution in [0.1, 0.15) is 49.4 Å². The van der Waals surface area contributed by atoms with E-state index in [1.807, 2.05) is 48.5 Å². The zero-order valence-corrected chi connectivity index (χ0v) is 22.1. The van der Waals surface area contributed by atoms with Crippen LogP contribution in [0.3, 0.4) is 0 Å². The van der Waals surface area contributed by atoms with Crippen molar-refractivity contribution in [2.75, 3.05) is 19.8 Å². The summed E-state index contributed by atoms with van der Waals surface area (Å²) in [5, 5.41) is 14.8. The number of carbonyl (C=O) groups excluding carboxylic acids is 2. The molecule has 0 bridgehead atoms. The molecular formula is C30H32N2O7. The molecule has 1 aliphatic carbocycles. The largest absolute Gasteiger partial charge is 0.492 e. The molecule has 0 heterocycles. The molecule has 0 radical (unpaired) electrons. The Balaban J connectivity index is 1.30. The highest BCUT2D eigenvalue weighted by atomic mass is 16.6. The predicted molar refractivity (Wildman–Crippen MR) is 145 cm³/mol. The second kappa shape index (κ2) is 11.9. The summed E-state index contributed by atoms with van der Waals surface area (Å²) in [5.41, 5.74) is 4.11. The summed E-state index contributed by atoms with van der Waals surface area (Å²) < 4.78 is 16.2. The number of hydrogen-bond acceptors (Lipinski definition) is 6. The molecule has 0 saturated carbocycles. The maximum atomic E-state index is 12.6.